The van der Waals surface area contributed by atoms with E-state index in [1.165, 1.54) is 16.7 Å². The molecule has 0 saturated carbocycles. The second-order valence-electron chi connectivity index (χ2n) is 4.76. The Morgan fingerprint density at radius 1 is 0.944 bits per heavy atom. The lowest BCUT2D eigenvalue weighted by Gasteiger charge is -2.17. The van der Waals surface area contributed by atoms with Gasteiger partial charge in [0.1, 0.15) is 0 Å². The number of nitrogens with one attached hydrogen (secondary N) is 1. The first-order chi connectivity index (χ1) is 8.56. The number of hydrogen-bond donors (Lipinski definition) is 1. The molecule has 94 valence electrons. The lowest BCUT2D eigenvalue weighted by atomic mass is 10.1. The van der Waals surface area contributed by atoms with Crippen LogP contribution in [-0.2, 0) is 0 Å². The highest BCUT2D eigenvalue weighted by Gasteiger charge is 2.07. The monoisotopic (exact) mass is 303 g/mol. The van der Waals surface area contributed by atoms with E-state index >= 15 is 0 Å². The molecule has 0 heterocycles. The van der Waals surface area contributed by atoms with Crippen LogP contribution in [0.25, 0.3) is 0 Å². The van der Waals surface area contributed by atoms with Crippen LogP contribution in [0.3, 0.4) is 0 Å². The standard InChI is InChI=1S/C16H18BrN/c1-11-4-7-14(8-5-11)13(3)18-16-10-12(2)6-9-15(16)17/h4-10,13,18H,1-3H3. The molecular weight excluding hydrogens is 286 g/mol. The average Bonchev–Trinajstić information content (AvgIpc) is 2.34. The highest BCUT2D eigenvalue weighted by Crippen LogP contribution is 2.27. The summed E-state index contributed by atoms with van der Waals surface area (Å²) >= 11 is 3.58. The maximum absolute atomic E-state index is 3.58. The van der Waals surface area contributed by atoms with Crippen LogP contribution in [0.4, 0.5) is 5.69 Å². The van der Waals surface area contributed by atoms with Crippen molar-refractivity contribution in [2.75, 3.05) is 5.32 Å². The molecule has 1 atom stereocenters. The summed E-state index contributed by atoms with van der Waals surface area (Å²) in [5.74, 6) is 0. The summed E-state index contributed by atoms with van der Waals surface area (Å²) in [6, 6.07) is 15.3. The molecule has 1 unspecified atom stereocenters. The molecule has 1 N–H and O–H groups in total. The van der Waals surface area contributed by atoms with Gasteiger partial charge in [-0.15, -0.1) is 0 Å². The van der Waals surface area contributed by atoms with Crippen molar-refractivity contribution in [3.63, 3.8) is 0 Å². The Morgan fingerprint density at radius 3 is 2.22 bits per heavy atom. The van der Waals surface area contributed by atoms with Gasteiger partial charge >= 0.3 is 0 Å². The zero-order valence-corrected chi connectivity index (χ0v) is 12.6. The fourth-order valence-electron chi connectivity index (χ4n) is 1.92. The second kappa shape index (κ2) is 5.57. The number of halogens is 1. The third kappa shape index (κ3) is 3.14. The largest absolute Gasteiger partial charge is 0.378 e. The van der Waals surface area contributed by atoms with Gasteiger partial charge in [0.2, 0.25) is 0 Å². The topological polar surface area (TPSA) is 12.0 Å². The summed E-state index contributed by atoms with van der Waals surface area (Å²) in [5, 5.41) is 3.54. The fourth-order valence-corrected chi connectivity index (χ4v) is 2.28. The van der Waals surface area contributed by atoms with Gasteiger partial charge in [-0.3, -0.25) is 0 Å². The molecule has 0 aliphatic carbocycles. The third-order valence-electron chi connectivity index (χ3n) is 3.07. The first-order valence-corrected chi connectivity index (χ1v) is 6.95. The Bertz CT molecular complexity index is 531. The molecule has 2 aromatic carbocycles. The number of rotatable bonds is 3. The Hall–Kier alpha value is -1.28. The minimum absolute atomic E-state index is 0.295. The zero-order chi connectivity index (χ0) is 13.1. The van der Waals surface area contributed by atoms with E-state index in [1.54, 1.807) is 0 Å². The van der Waals surface area contributed by atoms with Crippen molar-refractivity contribution in [3.8, 4) is 0 Å². The van der Waals surface area contributed by atoms with E-state index < -0.39 is 0 Å². The van der Waals surface area contributed by atoms with Crippen LogP contribution < -0.4 is 5.32 Å². The predicted octanol–water partition coefficient (Wildman–Crippen LogP) is 5.24. The van der Waals surface area contributed by atoms with Crippen LogP contribution in [0.1, 0.15) is 29.7 Å². The van der Waals surface area contributed by atoms with Gasteiger partial charge in [0.15, 0.2) is 0 Å². The first-order valence-electron chi connectivity index (χ1n) is 6.15. The van der Waals surface area contributed by atoms with Crippen molar-refractivity contribution in [1.29, 1.82) is 0 Å². The van der Waals surface area contributed by atoms with Crippen LogP contribution >= 0.6 is 15.9 Å². The molecule has 2 rings (SSSR count). The van der Waals surface area contributed by atoms with E-state index in [9.17, 15) is 0 Å². The molecule has 0 radical (unpaired) electrons. The molecule has 0 aromatic heterocycles. The van der Waals surface area contributed by atoms with Crippen molar-refractivity contribution < 1.29 is 0 Å². The van der Waals surface area contributed by atoms with Crippen molar-refractivity contribution in [2.24, 2.45) is 0 Å². The van der Waals surface area contributed by atoms with E-state index in [1.807, 2.05) is 0 Å². The van der Waals surface area contributed by atoms with Gasteiger partial charge in [0.05, 0.1) is 0 Å². The lowest BCUT2D eigenvalue weighted by Crippen LogP contribution is -2.07. The molecule has 2 aromatic rings. The highest BCUT2D eigenvalue weighted by atomic mass is 79.9. The molecule has 2 heteroatoms. The van der Waals surface area contributed by atoms with Crippen molar-refractivity contribution in [3.05, 3.63) is 63.6 Å². The minimum Gasteiger partial charge on any atom is -0.378 e. The molecular formula is C16H18BrN. The molecule has 0 spiro atoms. The van der Waals surface area contributed by atoms with E-state index in [0.29, 0.717) is 6.04 Å². The summed E-state index contributed by atoms with van der Waals surface area (Å²) < 4.78 is 1.10. The van der Waals surface area contributed by atoms with Gasteiger partial charge in [0.25, 0.3) is 0 Å². The maximum Gasteiger partial charge on any atom is 0.0491 e. The fraction of sp³-hybridized carbons (Fsp3) is 0.250. The Morgan fingerprint density at radius 2 is 1.56 bits per heavy atom. The lowest BCUT2D eigenvalue weighted by molar-refractivity contribution is 0.882. The van der Waals surface area contributed by atoms with E-state index in [4.69, 9.17) is 0 Å². The molecule has 0 amide bonds. The molecule has 0 aliphatic rings. The van der Waals surface area contributed by atoms with E-state index in [-0.39, 0.29) is 0 Å². The van der Waals surface area contributed by atoms with Crippen LogP contribution in [0.5, 0.6) is 0 Å². The summed E-state index contributed by atoms with van der Waals surface area (Å²) in [6.45, 7) is 6.40. The maximum atomic E-state index is 3.58. The number of aryl methyl sites for hydroxylation is 2. The number of anilines is 1. The van der Waals surface area contributed by atoms with Crippen LogP contribution in [0, 0.1) is 13.8 Å². The minimum atomic E-state index is 0.295. The normalized spacial score (nSPS) is 12.2. The van der Waals surface area contributed by atoms with E-state index in [0.717, 1.165) is 10.2 Å². The Balaban J connectivity index is 2.18. The predicted molar refractivity (Wildman–Crippen MR) is 82.1 cm³/mol. The third-order valence-corrected chi connectivity index (χ3v) is 3.76. The Kier molecular flexibility index (Phi) is 4.07. The molecule has 0 saturated heterocycles. The van der Waals surface area contributed by atoms with Crippen LogP contribution in [0.15, 0.2) is 46.9 Å². The van der Waals surface area contributed by atoms with Gasteiger partial charge in [-0.1, -0.05) is 35.9 Å². The van der Waals surface area contributed by atoms with Crippen LogP contribution in [0.2, 0.25) is 0 Å². The smallest absolute Gasteiger partial charge is 0.0491 e. The SMILES string of the molecule is Cc1ccc(C(C)Nc2cc(C)ccc2Br)cc1. The number of hydrogen-bond acceptors (Lipinski definition) is 1. The highest BCUT2D eigenvalue weighted by molar-refractivity contribution is 9.10. The van der Waals surface area contributed by atoms with Crippen molar-refractivity contribution >= 4 is 21.6 Å². The Labute approximate surface area is 117 Å². The van der Waals surface area contributed by atoms with Gasteiger partial charge in [-0.25, -0.2) is 0 Å². The average molecular weight is 304 g/mol. The summed E-state index contributed by atoms with van der Waals surface area (Å²) in [5.41, 5.74) is 5.00. The van der Waals surface area contributed by atoms with Crippen molar-refractivity contribution in [2.45, 2.75) is 26.8 Å². The molecule has 0 aliphatic heterocycles. The van der Waals surface area contributed by atoms with E-state index in [2.05, 4.69) is 84.5 Å². The van der Waals surface area contributed by atoms with Crippen LogP contribution in [-0.4, -0.2) is 0 Å². The summed E-state index contributed by atoms with van der Waals surface area (Å²) in [7, 11) is 0. The molecule has 18 heavy (non-hydrogen) atoms. The van der Waals surface area contributed by atoms with Crippen molar-refractivity contribution in [1.82, 2.24) is 0 Å². The molecule has 0 bridgehead atoms. The number of benzene rings is 2. The zero-order valence-electron chi connectivity index (χ0n) is 11.0. The quantitative estimate of drug-likeness (QED) is 0.817. The van der Waals surface area contributed by atoms with Gasteiger partial charge in [-0.2, -0.15) is 0 Å². The van der Waals surface area contributed by atoms with Gasteiger partial charge in [0, 0.05) is 16.2 Å². The molecule has 0 fully saturated rings. The first kappa shape index (κ1) is 13.2. The second-order valence-corrected chi connectivity index (χ2v) is 5.61. The summed E-state index contributed by atoms with van der Waals surface area (Å²) in [4.78, 5) is 0. The summed E-state index contributed by atoms with van der Waals surface area (Å²) in [6.07, 6.45) is 0. The van der Waals surface area contributed by atoms with Gasteiger partial charge in [-0.05, 0) is 60.0 Å². The molecule has 1 nitrogen and oxygen atoms in total. The van der Waals surface area contributed by atoms with Gasteiger partial charge < -0.3 is 5.32 Å².